The Balaban J connectivity index is 2.43. The van der Waals surface area contributed by atoms with Crippen LogP contribution >= 0.6 is 0 Å². The zero-order valence-corrected chi connectivity index (χ0v) is 19.8. The second-order valence-electron chi connectivity index (χ2n) is 8.44. The van der Waals surface area contributed by atoms with E-state index in [2.05, 4.69) is 0 Å². The molecule has 0 aliphatic heterocycles. The van der Waals surface area contributed by atoms with Gasteiger partial charge in [0.1, 0.15) is 28.1 Å². The van der Waals surface area contributed by atoms with E-state index < -0.39 is 18.0 Å². The van der Waals surface area contributed by atoms with Crippen molar-refractivity contribution in [3.63, 3.8) is 0 Å². The molecule has 0 radical (unpaired) electrons. The summed E-state index contributed by atoms with van der Waals surface area (Å²) in [6.07, 6.45) is 4.25. The van der Waals surface area contributed by atoms with E-state index in [9.17, 15) is 19.8 Å². The first-order valence-corrected chi connectivity index (χ1v) is 10.7. The highest BCUT2D eigenvalue weighted by atomic mass is 16.5. The van der Waals surface area contributed by atoms with Crippen molar-refractivity contribution >= 4 is 27.9 Å². The van der Waals surface area contributed by atoms with E-state index in [1.54, 1.807) is 0 Å². The quantitative estimate of drug-likeness (QED) is 0.316. The summed E-state index contributed by atoms with van der Waals surface area (Å²) in [7, 11) is 1.40. The van der Waals surface area contributed by atoms with Crippen LogP contribution in [0.1, 0.15) is 38.8 Å². The van der Waals surface area contributed by atoms with Crippen molar-refractivity contribution in [3.8, 4) is 23.0 Å². The molecule has 0 unspecified atom stereocenters. The van der Waals surface area contributed by atoms with Crippen LogP contribution in [0.3, 0.4) is 0 Å². The van der Waals surface area contributed by atoms with Crippen molar-refractivity contribution in [2.45, 2.75) is 40.5 Å². The third-order valence-corrected chi connectivity index (χ3v) is 5.31. The average Bonchev–Trinajstić information content (AvgIpc) is 2.74. The SMILES string of the molecule is COc1c(O)cc2oc3cc(OCC(=O)O)c(CC=C(C)C)c(O)c3c(=O)c2c1CC=C(C)C. The third-order valence-electron chi connectivity index (χ3n) is 5.31. The fraction of sp³-hybridized carbons (Fsp3) is 0.308. The molecular weight excluding hydrogens is 440 g/mol. The monoisotopic (exact) mass is 468 g/mol. The van der Waals surface area contributed by atoms with Crippen LogP contribution in [0, 0.1) is 0 Å². The minimum atomic E-state index is -1.19. The molecule has 8 nitrogen and oxygen atoms in total. The Morgan fingerprint density at radius 2 is 1.56 bits per heavy atom. The van der Waals surface area contributed by atoms with Gasteiger partial charge in [-0.15, -0.1) is 0 Å². The first-order chi connectivity index (χ1) is 16.0. The number of carboxylic acids is 1. The Morgan fingerprint density at radius 3 is 2.12 bits per heavy atom. The number of phenols is 2. The topological polar surface area (TPSA) is 126 Å². The highest BCUT2D eigenvalue weighted by Gasteiger charge is 2.23. The summed E-state index contributed by atoms with van der Waals surface area (Å²) in [4.78, 5) is 24.7. The molecule has 0 fully saturated rings. The van der Waals surface area contributed by atoms with Crippen LogP contribution in [-0.2, 0) is 17.6 Å². The molecule has 0 amide bonds. The van der Waals surface area contributed by atoms with E-state index >= 15 is 0 Å². The predicted molar refractivity (Wildman–Crippen MR) is 129 cm³/mol. The number of rotatable bonds is 8. The largest absolute Gasteiger partial charge is 0.507 e. The molecule has 3 aromatic rings. The zero-order chi connectivity index (χ0) is 25.2. The van der Waals surface area contributed by atoms with Crippen LogP contribution in [-0.4, -0.2) is 35.0 Å². The van der Waals surface area contributed by atoms with E-state index in [1.807, 2.05) is 39.8 Å². The number of aromatic hydroxyl groups is 2. The van der Waals surface area contributed by atoms with Crippen LogP contribution in [0.25, 0.3) is 21.9 Å². The van der Waals surface area contributed by atoms with Crippen molar-refractivity contribution in [2.24, 2.45) is 0 Å². The van der Waals surface area contributed by atoms with E-state index in [4.69, 9.17) is 19.0 Å². The van der Waals surface area contributed by atoms with Gasteiger partial charge in [0.05, 0.1) is 12.5 Å². The molecule has 0 saturated heterocycles. The van der Waals surface area contributed by atoms with Gasteiger partial charge in [0.25, 0.3) is 0 Å². The van der Waals surface area contributed by atoms with Gasteiger partial charge in [-0.2, -0.15) is 0 Å². The molecule has 0 spiro atoms. The van der Waals surface area contributed by atoms with Gasteiger partial charge < -0.3 is 29.2 Å². The van der Waals surface area contributed by atoms with Gasteiger partial charge in [-0.1, -0.05) is 23.3 Å². The lowest BCUT2D eigenvalue weighted by molar-refractivity contribution is -0.139. The minimum Gasteiger partial charge on any atom is -0.507 e. The molecule has 3 rings (SSSR count). The normalized spacial score (nSPS) is 10.9. The van der Waals surface area contributed by atoms with Gasteiger partial charge in [-0.25, -0.2) is 4.79 Å². The molecule has 8 heteroatoms. The van der Waals surface area contributed by atoms with Crippen LogP contribution < -0.4 is 14.9 Å². The summed E-state index contributed by atoms with van der Waals surface area (Å²) in [5.74, 6) is -1.47. The molecule has 0 saturated carbocycles. The Morgan fingerprint density at radius 1 is 0.971 bits per heavy atom. The number of carbonyl (C=O) groups is 1. The second-order valence-corrected chi connectivity index (χ2v) is 8.44. The Labute approximate surface area is 196 Å². The first-order valence-electron chi connectivity index (χ1n) is 10.7. The average molecular weight is 469 g/mol. The summed E-state index contributed by atoms with van der Waals surface area (Å²) in [6.45, 7) is 6.96. The van der Waals surface area contributed by atoms with Crippen molar-refractivity contribution in [1.29, 1.82) is 0 Å². The van der Waals surface area contributed by atoms with Crippen LogP contribution in [0.15, 0.2) is 44.6 Å². The summed E-state index contributed by atoms with van der Waals surface area (Å²) < 4.78 is 16.7. The van der Waals surface area contributed by atoms with Crippen molar-refractivity contribution in [2.75, 3.05) is 13.7 Å². The lowest BCUT2D eigenvalue weighted by Crippen LogP contribution is -2.12. The molecule has 1 aromatic heterocycles. The van der Waals surface area contributed by atoms with Crippen molar-refractivity contribution < 1.29 is 34.0 Å². The van der Waals surface area contributed by atoms with Crippen molar-refractivity contribution in [1.82, 2.24) is 0 Å². The smallest absolute Gasteiger partial charge is 0.341 e. The fourth-order valence-corrected chi connectivity index (χ4v) is 3.71. The number of methoxy groups -OCH3 is 1. The minimum absolute atomic E-state index is 0.00840. The molecule has 0 atom stereocenters. The molecule has 0 aliphatic rings. The number of allylic oxidation sites excluding steroid dienone is 4. The molecule has 3 N–H and O–H groups in total. The van der Waals surface area contributed by atoms with Gasteiger partial charge in [0.2, 0.25) is 5.43 Å². The Hall–Kier alpha value is -3.94. The third kappa shape index (κ3) is 4.85. The number of phenolic OH excluding ortho intramolecular Hbond substituents is 2. The van der Waals surface area contributed by atoms with E-state index in [0.717, 1.165) is 11.1 Å². The summed E-state index contributed by atoms with van der Waals surface area (Å²) in [5, 5.41) is 30.8. The lowest BCUT2D eigenvalue weighted by Gasteiger charge is -2.16. The predicted octanol–water partition coefficient (Wildman–Crippen LogP) is 4.85. The highest BCUT2D eigenvalue weighted by Crippen LogP contribution is 2.41. The van der Waals surface area contributed by atoms with Gasteiger partial charge in [0.15, 0.2) is 18.1 Å². The molecule has 180 valence electrons. The van der Waals surface area contributed by atoms with Crippen LogP contribution in [0.2, 0.25) is 0 Å². The summed E-state index contributed by atoms with van der Waals surface area (Å²) >= 11 is 0. The number of fused-ring (bicyclic) bond motifs is 2. The summed E-state index contributed by atoms with van der Waals surface area (Å²) in [6, 6.07) is 2.68. The maximum Gasteiger partial charge on any atom is 0.341 e. The molecule has 1 heterocycles. The zero-order valence-electron chi connectivity index (χ0n) is 19.8. The first kappa shape index (κ1) is 24.7. The molecule has 2 aromatic carbocycles. The van der Waals surface area contributed by atoms with Gasteiger partial charge >= 0.3 is 5.97 Å². The van der Waals surface area contributed by atoms with Crippen molar-refractivity contribution in [3.05, 3.63) is 56.8 Å². The maximum absolute atomic E-state index is 13.7. The number of ether oxygens (including phenoxy) is 2. The van der Waals surface area contributed by atoms with Crippen LogP contribution in [0.4, 0.5) is 0 Å². The van der Waals surface area contributed by atoms with E-state index in [0.29, 0.717) is 12.0 Å². The second kappa shape index (κ2) is 9.91. The lowest BCUT2D eigenvalue weighted by atomic mass is 9.98. The van der Waals surface area contributed by atoms with Gasteiger partial charge in [0, 0.05) is 23.3 Å². The maximum atomic E-state index is 13.7. The Kier molecular flexibility index (Phi) is 7.20. The van der Waals surface area contributed by atoms with Gasteiger partial charge in [-0.05, 0) is 40.5 Å². The number of aliphatic carboxylic acids is 1. The highest BCUT2D eigenvalue weighted by molar-refractivity contribution is 5.98. The number of hydrogen-bond acceptors (Lipinski definition) is 7. The molecule has 0 aliphatic carbocycles. The molecule has 0 bridgehead atoms. The number of hydrogen-bond donors (Lipinski definition) is 3. The summed E-state index contributed by atoms with van der Waals surface area (Å²) in [5.41, 5.74) is 2.31. The standard InChI is InChI=1S/C26H28O8/c1-13(2)6-8-15-18(33-12-21(28)29)11-20-23(24(15)30)25(31)22-16(9-7-14(3)4)26(32-5)17(27)10-19(22)34-20/h6-7,10-11,27,30H,8-9,12H2,1-5H3,(H,28,29). The number of benzene rings is 2. The number of carboxylic acid groups (broad SMARTS) is 1. The van der Waals surface area contributed by atoms with Gasteiger partial charge in [-0.3, -0.25) is 4.79 Å². The molecular formula is C26H28O8. The van der Waals surface area contributed by atoms with E-state index in [-0.39, 0.29) is 56.9 Å². The fourth-order valence-electron chi connectivity index (χ4n) is 3.71. The van der Waals surface area contributed by atoms with E-state index in [1.165, 1.54) is 19.2 Å². The molecule has 34 heavy (non-hydrogen) atoms. The Bertz CT molecular complexity index is 1380. The van der Waals surface area contributed by atoms with Crippen LogP contribution in [0.5, 0.6) is 23.0 Å².